The average Bonchev–Trinajstić information content (AvgIpc) is 2.63. The van der Waals surface area contributed by atoms with Crippen molar-refractivity contribution in [1.82, 2.24) is 9.69 Å². The molecular formula is C12H14Cl2N2O3S. The zero-order valence-electron chi connectivity index (χ0n) is 11.1. The van der Waals surface area contributed by atoms with Gasteiger partial charge in [-0.1, -0.05) is 56.1 Å². The lowest BCUT2D eigenvalue weighted by atomic mass is 9.95. The summed E-state index contributed by atoms with van der Waals surface area (Å²) in [6.45, 7) is 5.76. The lowest BCUT2D eigenvalue weighted by Crippen LogP contribution is -2.39. The van der Waals surface area contributed by atoms with Gasteiger partial charge in [-0.2, -0.15) is 4.37 Å². The van der Waals surface area contributed by atoms with Gasteiger partial charge in [0.15, 0.2) is 5.15 Å². The fraction of sp³-hybridized carbons (Fsp3) is 0.417. The molecule has 0 unspecified atom stereocenters. The Labute approximate surface area is 130 Å². The standard InChI is InChI=1S/C12H14Cl2N2O3S/c1-12(2,3)5-4-6(11(18)19)15-10(17)8-7(13)9(14)16-20-8/h4-6H,1-3H3,(H,15,17)(H,18,19)/b5-4+/t6-/m1/s1. The largest absolute Gasteiger partial charge is 0.479 e. The molecule has 8 heteroatoms. The van der Waals surface area contributed by atoms with E-state index in [9.17, 15) is 9.59 Å². The number of rotatable bonds is 4. The minimum Gasteiger partial charge on any atom is -0.479 e. The number of nitrogens with one attached hydrogen (secondary N) is 1. The molecule has 5 nitrogen and oxygen atoms in total. The molecule has 0 saturated carbocycles. The van der Waals surface area contributed by atoms with Crippen LogP contribution in [0.15, 0.2) is 12.2 Å². The van der Waals surface area contributed by atoms with Gasteiger partial charge in [0.25, 0.3) is 5.91 Å². The van der Waals surface area contributed by atoms with E-state index >= 15 is 0 Å². The number of halogens is 2. The van der Waals surface area contributed by atoms with Crippen LogP contribution in [0, 0.1) is 5.41 Å². The minimum atomic E-state index is -1.16. The fourth-order valence-corrected chi connectivity index (χ4v) is 2.30. The highest BCUT2D eigenvalue weighted by molar-refractivity contribution is 7.09. The maximum atomic E-state index is 11.9. The Balaban J connectivity index is 2.87. The van der Waals surface area contributed by atoms with Crippen molar-refractivity contribution in [3.63, 3.8) is 0 Å². The van der Waals surface area contributed by atoms with E-state index in [0.29, 0.717) is 0 Å². The van der Waals surface area contributed by atoms with Gasteiger partial charge in [-0.05, 0) is 16.9 Å². The molecule has 0 fully saturated rings. The van der Waals surface area contributed by atoms with Crippen molar-refractivity contribution in [2.45, 2.75) is 26.8 Å². The van der Waals surface area contributed by atoms with Crippen molar-refractivity contribution in [3.8, 4) is 0 Å². The number of carboxylic acid groups (broad SMARTS) is 1. The van der Waals surface area contributed by atoms with Crippen molar-refractivity contribution in [1.29, 1.82) is 0 Å². The number of carbonyl (C=O) groups is 2. The van der Waals surface area contributed by atoms with Crippen LogP contribution in [0.3, 0.4) is 0 Å². The monoisotopic (exact) mass is 336 g/mol. The van der Waals surface area contributed by atoms with E-state index in [4.69, 9.17) is 28.3 Å². The number of hydrogen-bond acceptors (Lipinski definition) is 4. The van der Waals surface area contributed by atoms with E-state index < -0.39 is 17.9 Å². The van der Waals surface area contributed by atoms with Gasteiger partial charge < -0.3 is 10.4 Å². The zero-order chi connectivity index (χ0) is 15.5. The van der Waals surface area contributed by atoms with Crippen LogP contribution < -0.4 is 5.32 Å². The predicted molar refractivity (Wildman–Crippen MR) is 79.6 cm³/mol. The van der Waals surface area contributed by atoms with Crippen LogP contribution >= 0.6 is 34.7 Å². The third-order valence-electron chi connectivity index (χ3n) is 2.15. The second kappa shape index (κ2) is 6.56. The normalized spacial score (nSPS) is 13.4. The van der Waals surface area contributed by atoms with Crippen molar-refractivity contribution < 1.29 is 14.7 Å². The second-order valence-corrected chi connectivity index (χ2v) is 6.64. The van der Waals surface area contributed by atoms with E-state index in [0.717, 1.165) is 11.5 Å². The Morgan fingerprint density at radius 3 is 2.40 bits per heavy atom. The molecule has 1 amide bonds. The molecule has 0 bridgehead atoms. The SMILES string of the molecule is CC(C)(C)/C=C/[C@@H](NC(=O)c1snc(Cl)c1Cl)C(=O)O. The summed E-state index contributed by atoms with van der Waals surface area (Å²) in [4.78, 5) is 23.2. The summed E-state index contributed by atoms with van der Waals surface area (Å²) in [6.07, 6.45) is 3.14. The van der Waals surface area contributed by atoms with E-state index in [1.807, 2.05) is 20.8 Å². The molecule has 1 atom stereocenters. The first-order chi connectivity index (χ1) is 9.11. The highest BCUT2D eigenvalue weighted by Crippen LogP contribution is 2.28. The molecule has 2 N–H and O–H groups in total. The quantitative estimate of drug-likeness (QED) is 0.827. The highest BCUT2D eigenvalue weighted by atomic mass is 35.5. The van der Waals surface area contributed by atoms with Crippen molar-refractivity contribution in [3.05, 3.63) is 27.2 Å². The maximum absolute atomic E-state index is 11.9. The molecule has 0 spiro atoms. The first kappa shape index (κ1) is 16.9. The van der Waals surface area contributed by atoms with Crippen LogP contribution in [0.25, 0.3) is 0 Å². The van der Waals surface area contributed by atoms with Crippen LogP contribution in [-0.2, 0) is 4.79 Å². The summed E-state index contributed by atoms with van der Waals surface area (Å²) in [7, 11) is 0. The number of aliphatic carboxylic acids is 1. The second-order valence-electron chi connectivity index (χ2n) is 5.13. The lowest BCUT2D eigenvalue weighted by molar-refractivity contribution is -0.137. The van der Waals surface area contributed by atoms with Crippen LogP contribution in [-0.4, -0.2) is 27.4 Å². The van der Waals surface area contributed by atoms with Gasteiger partial charge in [-0.15, -0.1) is 0 Å². The number of nitrogens with zero attached hydrogens (tertiary/aromatic N) is 1. The van der Waals surface area contributed by atoms with E-state index in [1.54, 1.807) is 6.08 Å². The molecule has 1 aromatic heterocycles. The van der Waals surface area contributed by atoms with E-state index in [1.165, 1.54) is 6.08 Å². The molecule has 0 radical (unpaired) electrons. The summed E-state index contributed by atoms with van der Waals surface area (Å²) in [5, 5.41) is 11.5. The zero-order valence-corrected chi connectivity index (χ0v) is 13.4. The molecule has 1 rings (SSSR count). The average molecular weight is 337 g/mol. The van der Waals surface area contributed by atoms with Gasteiger partial charge in [0.2, 0.25) is 0 Å². The summed E-state index contributed by atoms with van der Waals surface area (Å²) in [5.74, 6) is -1.78. The molecule has 1 heterocycles. The van der Waals surface area contributed by atoms with Crippen LogP contribution in [0.5, 0.6) is 0 Å². The molecule has 0 saturated heterocycles. The molecule has 0 aliphatic rings. The molecular weight excluding hydrogens is 323 g/mol. The number of aromatic nitrogens is 1. The first-order valence-electron chi connectivity index (χ1n) is 5.65. The number of carbonyl (C=O) groups excluding carboxylic acids is 1. The van der Waals surface area contributed by atoms with Gasteiger partial charge in [-0.25, -0.2) is 4.79 Å². The van der Waals surface area contributed by atoms with Gasteiger partial charge in [-0.3, -0.25) is 4.79 Å². The number of carboxylic acids is 1. The number of hydrogen-bond donors (Lipinski definition) is 2. The van der Waals surface area contributed by atoms with Crippen molar-refractivity contribution in [2.75, 3.05) is 0 Å². The third-order valence-corrected chi connectivity index (χ3v) is 3.94. The molecule has 110 valence electrons. The van der Waals surface area contributed by atoms with Gasteiger partial charge in [0.1, 0.15) is 15.9 Å². The summed E-state index contributed by atoms with van der Waals surface area (Å²) < 4.78 is 3.72. The summed E-state index contributed by atoms with van der Waals surface area (Å²) in [5.41, 5.74) is -0.191. The van der Waals surface area contributed by atoms with Crippen LogP contribution in [0.4, 0.5) is 0 Å². The van der Waals surface area contributed by atoms with Crippen LogP contribution in [0.2, 0.25) is 10.2 Å². The van der Waals surface area contributed by atoms with Gasteiger partial charge in [0, 0.05) is 0 Å². The van der Waals surface area contributed by atoms with Gasteiger partial charge >= 0.3 is 5.97 Å². The first-order valence-corrected chi connectivity index (χ1v) is 7.18. The minimum absolute atomic E-state index is 0.0260. The maximum Gasteiger partial charge on any atom is 0.330 e. The number of amides is 1. The van der Waals surface area contributed by atoms with E-state index in [2.05, 4.69) is 9.69 Å². The fourth-order valence-electron chi connectivity index (χ4n) is 1.18. The third kappa shape index (κ3) is 4.77. The summed E-state index contributed by atoms with van der Waals surface area (Å²) in [6, 6.07) is -1.14. The summed E-state index contributed by atoms with van der Waals surface area (Å²) >= 11 is 12.3. The Morgan fingerprint density at radius 2 is 2.00 bits per heavy atom. The molecule has 0 aliphatic heterocycles. The molecule has 1 aromatic rings. The number of allylic oxidation sites excluding steroid dienone is 1. The predicted octanol–water partition coefficient (Wildman–Crippen LogP) is 3.24. The lowest BCUT2D eigenvalue weighted by Gasteiger charge is -2.14. The van der Waals surface area contributed by atoms with Crippen molar-refractivity contribution >= 4 is 46.6 Å². The van der Waals surface area contributed by atoms with E-state index in [-0.39, 0.29) is 20.5 Å². The van der Waals surface area contributed by atoms with Crippen molar-refractivity contribution in [2.24, 2.45) is 5.41 Å². The Hall–Kier alpha value is -1.11. The smallest absolute Gasteiger partial charge is 0.330 e. The Bertz CT molecular complexity index is 549. The topological polar surface area (TPSA) is 79.3 Å². The molecule has 20 heavy (non-hydrogen) atoms. The molecule has 0 aromatic carbocycles. The van der Waals surface area contributed by atoms with Gasteiger partial charge in [0.05, 0.1) is 0 Å². The highest BCUT2D eigenvalue weighted by Gasteiger charge is 2.23. The van der Waals surface area contributed by atoms with Crippen LogP contribution in [0.1, 0.15) is 30.4 Å². The Kier molecular flexibility index (Phi) is 5.56. The molecule has 0 aliphatic carbocycles. The Morgan fingerprint density at radius 1 is 1.40 bits per heavy atom.